The lowest BCUT2D eigenvalue weighted by Crippen LogP contribution is -2.30. The number of aryl methyl sites for hydroxylation is 2. The third-order valence-electron chi connectivity index (χ3n) is 3.02. The fraction of sp³-hybridized carbons (Fsp3) is 0.727. The molecule has 0 bridgehead atoms. The zero-order valence-electron chi connectivity index (χ0n) is 9.22. The van der Waals surface area contributed by atoms with Gasteiger partial charge in [0.1, 0.15) is 0 Å². The molecular formula is C11H18N2O2. The van der Waals surface area contributed by atoms with Gasteiger partial charge in [-0.15, -0.1) is 0 Å². The van der Waals surface area contributed by atoms with Gasteiger partial charge in [0.25, 0.3) is 0 Å². The Morgan fingerprint density at radius 2 is 2.20 bits per heavy atom. The third kappa shape index (κ3) is 2.38. The summed E-state index contributed by atoms with van der Waals surface area (Å²) in [6.07, 6.45) is 1.34. The van der Waals surface area contributed by atoms with E-state index in [-0.39, 0.29) is 0 Å². The second kappa shape index (κ2) is 3.94. The Morgan fingerprint density at radius 3 is 2.67 bits per heavy atom. The third-order valence-corrected chi connectivity index (χ3v) is 3.02. The first-order valence-corrected chi connectivity index (χ1v) is 5.43. The van der Waals surface area contributed by atoms with E-state index in [2.05, 4.69) is 5.10 Å². The molecule has 2 N–H and O–H groups in total. The predicted molar refractivity (Wildman–Crippen MR) is 56.4 cm³/mol. The van der Waals surface area contributed by atoms with Crippen molar-refractivity contribution in [3.05, 3.63) is 17.5 Å². The van der Waals surface area contributed by atoms with Gasteiger partial charge in [0, 0.05) is 19.2 Å². The molecule has 1 aromatic rings. The molecule has 0 radical (unpaired) electrons. The summed E-state index contributed by atoms with van der Waals surface area (Å²) < 4.78 is 1.76. The summed E-state index contributed by atoms with van der Waals surface area (Å²) in [5, 5.41) is 23.8. The molecule has 4 nitrogen and oxygen atoms in total. The highest BCUT2D eigenvalue weighted by molar-refractivity contribution is 5.10. The van der Waals surface area contributed by atoms with Crippen molar-refractivity contribution < 1.29 is 10.2 Å². The topological polar surface area (TPSA) is 58.3 Å². The fourth-order valence-corrected chi connectivity index (χ4v) is 1.94. The molecule has 0 saturated heterocycles. The van der Waals surface area contributed by atoms with Crippen molar-refractivity contribution in [2.45, 2.75) is 38.4 Å². The van der Waals surface area contributed by atoms with Crippen LogP contribution < -0.4 is 0 Å². The molecule has 4 heteroatoms. The Balaban J connectivity index is 1.98. The molecule has 2 atom stereocenters. The van der Waals surface area contributed by atoms with Crippen LogP contribution in [0, 0.1) is 12.8 Å². The van der Waals surface area contributed by atoms with Gasteiger partial charge in [0.2, 0.25) is 0 Å². The van der Waals surface area contributed by atoms with Crippen LogP contribution in [0.3, 0.4) is 0 Å². The number of aliphatic hydroxyl groups is 2. The van der Waals surface area contributed by atoms with Gasteiger partial charge in [-0.25, -0.2) is 0 Å². The van der Waals surface area contributed by atoms with Crippen LogP contribution in [0.4, 0.5) is 0 Å². The van der Waals surface area contributed by atoms with Crippen molar-refractivity contribution >= 4 is 0 Å². The van der Waals surface area contributed by atoms with E-state index >= 15 is 0 Å². The quantitative estimate of drug-likeness (QED) is 0.756. The Morgan fingerprint density at radius 1 is 1.53 bits per heavy atom. The van der Waals surface area contributed by atoms with E-state index in [4.69, 9.17) is 0 Å². The summed E-state index contributed by atoms with van der Waals surface area (Å²) in [6, 6.07) is 1.95. The summed E-state index contributed by atoms with van der Waals surface area (Å²) in [5.41, 5.74) is 1.92. The van der Waals surface area contributed by atoms with Crippen LogP contribution in [0.2, 0.25) is 0 Å². The molecule has 1 saturated carbocycles. The Bertz CT molecular complexity index is 344. The lowest BCUT2D eigenvalue weighted by atomic mass is 10.0. The molecule has 84 valence electrons. The van der Waals surface area contributed by atoms with Crippen molar-refractivity contribution in [1.82, 2.24) is 9.78 Å². The highest BCUT2D eigenvalue weighted by atomic mass is 16.3. The number of hydrogen-bond donors (Lipinski definition) is 2. The summed E-state index contributed by atoms with van der Waals surface area (Å²) in [4.78, 5) is 0. The first-order chi connectivity index (χ1) is 7.08. The highest BCUT2D eigenvalue weighted by Crippen LogP contribution is 2.34. The Kier molecular flexibility index (Phi) is 2.80. The van der Waals surface area contributed by atoms with Gasteiger partial charge in [0.15, 0.2) is 0 Å². The van der Waals surface area contributed by atoms with Crippen molar-refractivity contribution in [3.63, 3.8) is 0 Å². The van der Waals surface area contributed by atoms with Crippen LogP contribution in [0.25, 0.3) is 0 Å². The molecular weight excluding hydrogens is 192 g/mol. The molecule has 1 aliphatic carbocycles. The minimum absolute atomic E-state index is 0.314. The number of aliphatic hydroxyl groups excluding tert-OH is 2. The van der Waals surface area contributed by atoms with Crippen LogP contribution in [0.5, 0.6) is 0 Å². The van der Waals surface area contributed by atoms with E-state index in [9.17, 15) is 10.2 Å². The van der Waals surface area contributed by atoms with Gasteiger partial charge in [-0.2, -0.15) is 5.10 Å². The van der Waals surface area contributed by atoms with Gasteiger partial charge < -0.3 is 10.2 Å². The first kappa shape index (κ1) is 10.6. The van der Waals surface area contributed by atoms with Crippen LogP contribution in [-0.2, 0) is 13.5 Å². The second-order valence-corrected chi connectivity index (χ2v) is 4.50. The largest absolute Gasteiger partial charge is 0.390 e. The summed E-state index contributed by atoms with van der Waals surface area (Å²) in [5.74, 6) is 0.314. The molecule has 2 unspecified atom stereocenters. The summed E-state index contributed by atoms with van der Waals surface area (Å²) in [6.45, 7) is 1.92. The fourth-order valence-electron chi connectivity index (χ4n) is 1.94. The van der Waals surface area contributed by atoms with Crippen LogP contribution >= 0.6 is 0 Å². The van der Waals surface area contributed by atoms with Gasteiger partial charge in [0.05, 0.1) is 17.9 Å². The smallest absolute Gasteiger partial charge is 0.0856 e. The number of rotatable bonds is 4. The van der Waals surface area contributed by atoms with E-state index < -0.39 is 12.2 Å². The van der Waals surface area contributed by atoms with Gasteiger partial charge >= 0.3 is 0 Å². The van der Waals surface area contributed by atoms with Crippen LogP contribution in [0.1, 0.15) is 24.2 Å². The number of nitrogens with zero attached hydrogens (tertiary/aromatic N) is 2. The predicted octanol–water partition coefficient (Wildman–Crippen LogP) is 0.403. The van der Waals surface area contributed by atoms with Crippen molar-refractivity contribution in [3.8, 4) is 0 Å². The Labute approximate surface area is 89.5 Å². The number of hydrogen-bond acceptors (Lipinski definition) is 3. The molecule has 15 heavy (non-hydrogen) atoms. The zero-order valence-corrected chi connectivity index (χ0v) is 9.22. The monoisotopic (exact) mass is 210 g/mol. The zero-order chi connectivity index (χ0) is 11.0. The molecule has 0 amide bonds. The normalized spacial score (nSPS) is 20.3. The van der Waals surface area contributed by atoms with Gasteiger partial charge in [-0.05, 0) is 31.7 Å². The second-order valence-electron chi connectivity index (χ2n) is 4.50. The van der Waals surface area contributed by atoms with Crippen molar-refractivity contribution in [2.24, 2.45) is 13.0 Å². The average Bonchev–Trinajstić information content (AvgIpc) is 2.94. The van der Waals surface area contributed by atoms with Crippen LogP contribution in [-0.4, -0.2) is 32.2 Å². The maximum Gasteiger partial charge on any atom is 0.0856 e. The van der Waals surface area contributed by atoms with E-state index in [1.807, 2.05) is 20.0 Å². The maximum atomic E-state index is 9.82. The van der Waals surface area contributed by atoms with Crippen LogP contribution in [0.15, 0.2) is 6.07 Å². The van der Waals surface area contributed by atoms with E-state index in [0.717, 1.165) is 24.2 Å². The van der Waals surface area contributed by atoms with Crippen molar-refractivity contribution in [2.75, 3.05) is 0 Å². The lowest BCUT2D eigenvalue weighted by Gasteiger charge is -2.16. The first-order valence-electron chi connectivity index (χ1n) is 5.43. The van der Waals surface area contributed by atoms with Gasteiger partial charge in [-0.3, -0.25) is 4.68 Å². The molecule has 2 rings (SSSR count). The molecule has 0 aromatic carbocycles. The molecule has 1 fully saturated rings. The minimum Gasteiger partial charge on any atom is -0.390 e. The maximum absolute atomic E-state index is 9.82. The van der Waals surface area contributed by atoms with E-state index in [1.54, 1.807) is 4.68 Å². The lowest BCUT2D eigenvalue weighted by molar-refractivity contribution is 0.00578. The molecule has 1 heterocycles. The van der Waals surface area contributed by atoms with E-state index in [1.165, 1.54) is 0 Å². The minimum atomic E-state index is -0.660. The molecule has 0 aliphatic heterocycles. The SMILES string of the molecule is Cc1cc(CC(O)C(O)C2CC2)n(C)n1. The highest BCUT2D eigenvalue weighted by Gasteiger charge is 2.34. The van der Waals surface area contributed by atoms with Gasteiger partial charge in [-0.1, -0.05) is 0 Å². The summed E-state index contributed by atoms with van der Waals surface area (Å²) in [7, 11) is 1.86. The van der Waals surface area contributed by atoms with Crippen molar-refractivity contribution in [1.29, 1.82) is 0 Å². The number of aromatic nitrogens is 2. The molecule has 0 spiro atoms. The average molecular weight is 210 g/mol. The Hall–Kier alpha value is -0.870. The molecule has 1 aliphatic rings. The standard InChI is InChI=1S/C11H18N2O2/c1-7-5-9(13(2)12-7)6-10(14)11(15)8-3-4-8/h5,8,10-11,14-15H,3-4,6H2,1-2H3. The van der Waals surface area contributed by atoms with E-state index in [0.29, 0.717) is 12.3 Å². The summed E-state index contributed by atoms with van der Waals surface area (Å²) >= 11 is 0. The molecule has 1 aromatic heterocycles.